The number of thiophene rings is 1. The number of imide groups is 1. The van der Waals surface area contributed by atoms with Crippen molar-refractivity contribution in [2.75, 3.05) is 11.9 Å². The first-order valence-corrected chi connectivity index (χ1v) is 11.7. The largest absolute Gasteiger partial charge is 0.366 e. The van der Waals surface area contributed by atoms with Crippen LogP contribution < -0.4 is 16.4 Å². The minimum absolute atomic E-state index is 0.0972. The van der Waals surface area contributed by atoms with Gasteiger partial charge in [-0.3, -0.25) is 19.3 Å². The van der Waals surface area contributed by atoms with Crippen LogP contribution >= 0.6 is 11.3 Å². The molecule has 2 atom stereocenters. The molecule has 2 fully saturated rings. The number of amides is 5. The first kappa shape index (κ1) is 23.0. The molecule has 1 saturated carbocycles. The van der Waals surface area contributed by atoms with E-state index in [1.165, 1.54) is 11.3 Å². The molecule has 9 heteroatoms. The molecule has 2 aromatic rings. The summed E-state index contributed by atoms with van der Waals surface area (Å²) >= 11 is 1.21. The lowest BCUT2D eigenvalue weighted by atomic mass is 9.64. The quantitative estimate of drug-likeness (QED) is 0.581. The average molecular weight is 469 g/mol. The molecule has 2 unspecified atom stereocenters. The molecule has 1 aromatic heterocycles. The van der Waals surface area contributed by atoms with E-state index in [9.17, 15) is 19.2 Å². The van der Waals surface area contributed by atoms with Crippen LogP contribution in [0.3, 0.4) is 0 Å². The minimum atomic E-state index is -0.972. The van der Waals surface area contributed by atoms with Gasteiger partial charge >= 0.3 is 6.03 Å². The highest BCUT2D eigenvalue weighted by molar-refractivity contribution is 7.20. The van der Waals surface area contributed by atoms with Crippen LogP contribution in [0.2, 0.25) is 0 Å². The summed E-state index contributed by atoms with van der Waals surface area (Å²) in [5, 5.41) is 5.83. The standard InChI is InChI=1S/C24H28N4O4S/c1-14-10-23(2,3)13-24(11-14)21(31)28(22(32)27-24)12-18(29)26-20-16(19(25)30)9-17(33-20)15-7-5-4-6-8-15/h4-9,14H,10-13H2,1-3H3,(H2,25,30)(H,26,29)(H,27,32). The van der Waals surface area contributed by atoms with Gasteiger partial charge in [-0.05, 0) is 42.2 Å². The number of anilines is 1. The molecule has 8 nitrogen and oxygen atoms in total. The first-order valence-electron chi connectivity index (χ1n) is 10.9. The van der Waals surface area contributed by atoms with Gasteiger partial charge in [0.25, 0.3) is 11.8 Å². The second-order valence-electron chi connectivity index (χ2n) is 9.89. The Labute approximate surface area is 196 Å². The van der Waals surface area contributed by atoms with Gasteiger partial charge in [0.2, 0.25) is 5.91 Å². The third-order valence-corrected chi connectivity index (χ3v) is 7.33. The Kier molecular flexibility index (Phi) is 5.78. The lowest BCUT2D eigenvalue weighted by molar-refractivity contribution is -0.136. The number of nitrogens with zero attached hydrogens (tertiary/aromatic N) is 1. The molecule has 4 rings (SSSR count). The zero-order valence-corrected chi connectivity index (χ0v) is 19.8. The van der Waals surface area contributed by atoms with Crippen molar-refractivity contribution >= 4 is 40.1 Å². The normalized spacial score (nSPS) is 24.1. The summed E-state index contributed by atoms with van der Waals surface area (Å²) in [7, 11) is 0. The van der Waals surface area contributed by atoms with Crippen molar-refractivity contribution in [3.05, 3.63) is 42.0 Å². The van der Waals surface area contributed by atoms with Crippen LogP contribution in [0, 0.1) is 11.3 Å². The number of carbonyl (C=O) groups excluding carboxylic acids is 4. The van der Waals surface area contributed by atoms with E-state index in [0.29, 0.717) is 17.8 Å². The van der Waals surface area contributed by atoms with Gasteiger partial charge in [0.15, 0.2) is 0 Å². The summed E-state index contributed by atoms with van der Waals surface area (Å²) in [6.07, 6.45) is 2.05. The Hall–Kier alpha value is -3.20. The van der Waals surface area contributed by atoms with E-state index in [0.717, 1.165) is 21.8 Å². The van der Waals surface area contributed by atoms with E-state index in [1.807, 2.05) is 30.3 Å². The van der Waals surface area contributed by atoms with Gasteiger partial charge in [0.05, 0.1) is 5.56 Å². The number of urea groups is 1. The van der Waals surface area contributed by atoms with Gasteiger partial charge < -0.3 is 16.4 Å². The number of nitrogens with two attached hydrogens (primary N) is 1. The molecule has 5 amide bonds. The van der Waals surface area contributed by atoms with Gasteiger partial charge in [-0.2, -0.15) is 0 Å². The lowest BCUT2D eigenvalue weighted by Crippen LogP contribution is -2.54. The van der Waals surface area contributed by atoms with Crippen molar-refractivity contribution in [1.82, 2.24) is 10.2 Å². The fraction of sp³-hybridized carbons (Fsp3) is 0.417. The van der Waals surface area contributed by atoms with Gasteiger partial charge in [0, 0.05) is 4.88 Å². The topological polar surface area (TPSA) is 122 Å². The highest BCUT2D eigenvalue weighted by Crippen LogP contribution is 2.46. The summed E-state index contributed by atoms with van der Waals surface area (Å²) in [6.45, 7) is 5.82. The number of rotatable bonds is 5. The van der Waals surface area contributed by atoms with Crippen molar-refractivity contribution in [3.63, 3.8) is 0 Å². The molecule has 2 heterocycles. The number of carbonyl (C=O) groups is 4. The highest BCUT2D eigenvalue weighted by Gasteiger charge is 2.56. The number of hydrogen-bond acceptors (Lipinski definition) is 5. The van der Waals surface area contributed by atoms with E-state index in [2.05, 4.69) is 31.4 Å². The molecule has 1 aromatic carbocycles. The van der Waals surface area contributed by atoms with Crippen molar-refractivity contribution in [3.8, 4) is 10.4 Å². The predicted octanol–water partition coefficient (Wildman–Crippen LogP) is 3.59. The van der Waals surface area contributed by atoms with E-state index in [1.54, 1.807) is 6.07 Å². The van der Waals surface area contributed by atoms with Crippen molar-refractivity contribution < 1.29 is 19.2 Å². The molecule has 1 saturated heterocycles. The van der Waals surface area contributed by atoms with Crippen LogP contribution in [0.15, 0.2) is 36.4 Å². The Morgan fingerprint density at radius 3 is 2.55 bits per heavy atom. The van der Waals surface area contributed by atoms with Crippen LogP contribution in [0.25, 0.3) is 10.4 Å². The van der Waals surface area contributed by atoms with E-state index in [-0.39, 0.29) is 22.8 Å². The summed E-state index contributed by atoms with van der Waals surface area (Å²) in [5.41, 5.74) is 5.51. The maximum absolute atomic E-state index is 13.3. The van der Waals surface area contributed by atoms with Gasteiger partial charge in [-0.1, -0.05) is 51.1 Å². The number of primary amides is 1. The molecule has 0 bridgehead atoms. The van der Waals surface area contributed by atoms with E-state index < -0.39 is 29.9 Å². The second kappa shape index (κ2) is 8.30. The molecular weight excluding hydrogens is 440 g/mol. The Morgan fingerprint density at radius 1 is 1.21 bits per heavy atom. The van der Waals surface area contributed by atoms with Gasteiger partial charge in [-0.15, -0.1) is 11.3 Å². The van der Waals surface area contributed by atoms with E-state index >= 15 is 0 Å². The fourth-order valence-corrected chi connectivity index (χ4v) is 6.46. The summed E-state index contributed by atoms with van der Waals surface area (Å²) < 4.78 is 0. The monoisotopic (exact) mass is 468 g/mol. The van der Waals surface area contributed by atoms with E-state index in [4.69, 9.17) is 5.73 Å². The minimum Gasteiger partial charge on any atom is -0.366 e. The summed E-state index contributed by atoms with van der Waals surface area (Å²) in [5.74, 6) is -1.33. The molecule has 0 radical (unpaired) electrons. The molecule has 174 valence electrons. The fourth-order valence-electron chi connectivity index (χ4n) is 5.37. The van der Waals surface area contributed by atoms with Crippen molar-refractivity contribution in [1.29, 1.82) is 0 Å². The third kappa shape index (κ3) is 4.50. The Bertz CT molecular complexity index is 1130. The third-order valence-electron chi connectivity index (χ3n) is 6.23. The molecule has 2 aliphatic rings. The second-order valence-corrected chi connectivity index (χ2v) is 10.9. The average Bonchev–Trinajstić information content (AvgIpc) is 3.22. The molecular formula is C24H28N4O4S. The molecule has 1 aliphatic carbocycles. The maximum atomic E-state index is 13.3. The molecule has 4 N–H and O–H groups in total. The number of nitrogens with one attached hydrogen (secondary N) is 2. The SMILES string of the molecule is CC1CC(C)(C)CC2(C1)NC(=O)N(CC(=O)Nc1sc(-c3ccccc3)cc1C(N)=O)C2=O. The zero-order valence-electron chi connectivity index (χ0n) is 18.9. The lowest BCUT2D eigenvalue weighted by Gasteiger charge is -2.43. The Balaban J connectivity index is 1.51. The van der Waals surface area contributed by atoms with Crippen molar-refractivity contribution in [2.45, 2.75) is 45.6 Å². The summed E-state index contributed by atoms with van der Waals surface area (Å²) in [6, 6.07) is 10.5. The van der Waals surface area contributed by atoms with Gasteiger partial charge in [-0.25, -0.2) is 4.79 Å². The smallest absolute Gasteiger partial charge is 0.325 e. The number of hydrogen-bond donors (Lipinski definition) is 3. The molecule has 1 spiro atoms. The maximum Gasteiger partial charge on any atom is 0.325 e. The van der Waals surface area contributed by atoms with Crippen LogP contribution in [-0.4, -0.2) is 40.7 Å². The predicted molar refractivity (Wildman–Crippen MR) is 127 cm³/mol. The number of benzene rings is 1. The van der Waals surface area contributed by atoms with Crippen LogP contribution in [0.1, 0.15) is 50.4 Å². The highest BCUT2D eigenvalue weighted by atomic mass is 32.1. The zero-order chi connectivity index (χ0) is 24.0. The summed E-state index contributed by atoms with van der Waals surface area (Å²) in [4.78, 5) is 52.4. The first-order chi connectivity index (χ1) is 15.5. The van der Waals surface area contributed by atoms with Crippen LogP contribution in [-0.2, 0) is 9.59 Å². The molecule has 33 heavy (non-hydrogen) atoms. The van der Waals surface area contributed by atoms with Gasteiger partial charge in [0.1, 0.15) is 17.1 Å². The Morgan fingerprint density at radius 2 is 1.91 bits per heavy atom. The van der Waals surface area contributed by atoms with Crippen LogP contribution in [0.5, 0.6) is 0 Å². The van der Waals surface area contributed by atoms with Crippen molar-refractivity contribution in [2.24, 2.45) is 17.1 Å². The van der Waals surface area contributed by atoms with Crippen LogP contribution in [0.4, 0.5) is 9.80 Å². The molecule has 1 aliphatic heterocycles.